The van der Waals surface area contributed by atoms with Crippen LogP contribution in [0.3, 0.4) is 0 Å². The van der Waals surface area contributed by atoms with Crippen molar-refractivity contribution in [3.05, 3.63) is 70.6 Å². The van der Waals surface area contributed by atoms with Crippen LogP contribution in [0.2, 0.25) is 0 Å². The van der Waals surface area contributed by atoms with E-state index < -0.39 is 21.4 Å². The van der Waals surface area contributed by atoms with Gasteiger partial charge in [-0.3, -0.25) is 4.72 Å². The van der Waals surface area contributed by atoms with Gasteiger partial charge in [0.25, 0.3) is 0 Å². The van der Waals surface area contributed by atoms with Gasteiger partial charge in [0.1, 0.15) is 5.60 Å². The predicted molar refractivity (Wildman–Crippen MR) is 185 cm³/mol. The largest absolute Gasteiger partial charge is 0.444 e. The van der Waals surface area contributed by atoms with Crippen LogP contribution < -0.4 is 10.0 Å². The highest BCUT2D eigenvalue weighted by Crippen LogP contribution is 2.42. The summed E-state index contributed by atoms with van der Waals surface area (Å²) in [6.45, 7) is 14.4. The monoisotopic (exact) mass is 680 g/mol. The maximum absolute atomic E-state index is 15.9. The van der Waals surface area contributed by atoms with Crippen molar-refractivity contribution in [1.82, 2.24) is 19.9 Å². The van der Waals surface area contributed by atoms with E-state index in [1.54, 1.807) is 36.2 Å². The number of carbonyl (C=O) groups excluding carboxylic acids is 1. The highest BCUT2D eigenvalue weighted by atomic mass is 32.2. The number of amides is 1. The Balaban J connectivity index is 1.44. The lowest BCUT2D eigenvalue weighted by Gasteiger charge is -2.31. The third-order valence-electron chi connectivity index (χ3n) is 7.28. The van der Waals surface area contributed by atoms with Crippen LogP contribution in [-0.2, 0) is 33.1 Å². The third kappa shape index (κ3) is 8.25. The molecule has 4 aromatic rings. The van der Waals surface area contributed by atoms with E-state index in [1.165, 1.54) is 17.4 Å². The van der Waals surface area contributed by atoms with E-state index in [0.29, 0.717) is 48.1 Å². The molecule has 10 nitrogen and oxygen atoms in total. The van der Waals surface area contributed by atoms with Crippen molar-refractivity contribution in [3.8, 4) is 21.8 Å². The van der Waals surface area contributed by atoms with Gasteiger partial charge in [-0.2, -0.15) is 0 Å². The Hall–Kier alpha value is -4.10. The number of fused-ring (bicyclic) bond motifs is 1. The number of aromatic nitrogens is 3. The number of hydrogen-bond acceptors (Lipinski definition) is 9. The molecule has 1 aliphatic heterocycles. The van der Waals surface area contributed by atoms with Gasteiger partial charge in [0.15, 0.2) is 5.82 Å². The standard InChI is InChI=1S/C34H41FN6O4S2/c1-8-18-47(43,44)40-25-11-9-10-24(27(25)35)28-29(46-30(39-28)33(2,3)4)26-14-16-36-31(38-26)37-23-13-12-22-20-41(17-15-21(22)19-23)32(42)45-34(5,6)7/h9-14,16,19,40H,8,15,17-18,20H2,1-7H3,(H,36,37,38). The molecule has 0 unspecified atom stereocenters. The second-order valence-corrected chi connectivity index (χ2v) is 16.4. The number of ether oxygens (including phenoxy) is 1. The van der Waals surface area contributed by atoms with Gasteiger partial charge in [-0.1, -0.05) is 39.8 Å². The molecule has 1 aliphatic rings. The van der Waals surface area contributed by atoms with E-state index in [2.05, 4.69) is 15.0 Å². The Labute approximate surface area is 279 Å². The molecule has 2 aromatic carbocycles. The number of hydrogen-bond donors (Lipinski definition) is 2. The van der Waals surface area contributed by atoms with Crippen LogP contribution in [0.4, 0.5) is 26.5 Å². The Bertz CT molecular complexity index is 1900. The second kappa shape index (κ2) is 13.2. The highest BCUT2D eigenvalue weighted by Gasteiger charge is 2.28. The molecular formula is C34H41FN6O4S2. The maximum Gasteiger partial charge on any atom is 0.410 e. The molecular weight excluding hydrogens is 640 g/mol. The van der Waals surface area contributed by atoms with Crippen molar-refractivity contribution in [2.45, 2.75) is 78.9 Å². The van der Waals surface area contributed by atoms with Crippen molar-refractivity contribution < 1.29 is 22.3 Å². The van der Waals surface area contributed by atoms with Gasteiger partial charge in [0.05, 0.1) is 32.7 Å². The number of benzene rings is 2. The minimum atomic E-state index is -3.70. The van der Waals surface area contributed by atoms with E-state index in [1.807, 2.05) is 59.7 Å². The first kappa shape index (κ1) is 34.2. The van der Waals surface area contributed by atoms with E-state index in [4.69, 9.17) is 14.7 Å². The number of nitrogens with one attached hydrogen (secondary N) is 2. The number of nitrogens with zero attached hydrogens (tertiary/aromatic N) is 4. The Morgan fingerprint density at radius 3 is 2.53 bits per heavy atom. The fourth-order valence-corrected chi connectivity index (χ4v) is 7.30. The number of rotatable bonds is 8. The van der Waals surface area contributed by atoms with Crippen LogP contribution in [0, 0.1) is 5.82 Å². The van der Waals surface area contributed by atoms with Crippen molar-refractivity contribution in [2.24, 2.45) is 0 Å². The Morgan fingerprint density at radius 1 is 1.06 bits per heavy atom. The summed E-state index contributed by atoms with van der Waals surface area (Å²) < 4.78 is 48.7. The van der Waals surface area contributed by atoms with Crippen LogP contribution in [-0.4, -0.2) is 52.3 Å². The normalized spacial score (nSPS) is 13.7. The maximum atomic E-state index is 15.9. The first-order valence-corrected chi connectivity index (χ1v) is 18.0. The fraction of sp³-hybridized carbons (Fsp3) is 0.412. The van der Waals surface area contributed by atoms with Crippen molar-refractivity contribution >= 4 is 44.8 Å². The molecule has 0 radical (unpaired) electrons. The summed E-state index contributed by atoms with van der Waals surface area (Å²) in [7, 11) is -3.70. The average molecular weight is 681 g/mol. The molecule has 0 atom stereocenters. The summed E-state index contributed by atoms with van der Waals surface area (Å²) in [6.07, 6.45) is 2.40. The highest BCUT2D eigenvalue weighted by molar-refractivity contribution is 7.92. The van der Waals surface area contributed by atoms with Crippen molar-refractivity contribution in [3.63, 3.8) is 0 Å². The molecule has 0 fully saturated rings. The summed E-state index contributed by atoms with van der Waals surface area (Å²) in [5.74, 6) is -0.462. The topological polar surface area (TPSA) is 126 Å². The summed E-state index contributed by atoms with van der Waals surface area (Å²) in [5, 5.41) is 4.07. The van der Waals surface area contributed by atoms with E-state index in [0.717, 1.165) is 21.8 Å². The lowest BCUT2D eigenvalue weighted by Crippen LogP contribution is -2.39. The number of thiazole rings is 1. The average Bonchev–Trinajstić information content (AvgIpc) is 3.43. The van der Waals surface area contributed by atoms with E-state index in [9.17, 15) is 13.2 Å². The molecule has 250 valence electrons. The predicted octanol–water partition coefficient (Wildman–Crippen LogP) is 7.89. The summed E-state index contributed by atoms with van der Waals surface area (Å²) in [5.41, 5.74) is 3.05. The quantitative estimate of drug-likeness (QED) is 0.192. The lowest BCUT2D eigenvalue weighted by atomic mass is 9.98. The third-order valence-corrected chi connectivity index (χ3v) is 10.3. The van der Waals surface area contributed by atoms with Crippen molar-refractivity contribution in [1.29, 1.82) is 0 Å². The van der Waals surface area contributed by atoms with Crippen LogP contribution in [0.1, 0.15) is 71.0 Å². The van der Waals surface area contributed by atoms with E-state index in [-0.39, 0.29) is 28.5 Å². The van der Waals surface area contributed by atoms with Crippen LogP contribution in [0.25, 0.3) is 21.8 Å². The SMILES string of the molecule is CCCS(=O)(=O)Nc1cccc(-c2nc(C(C)(C)C)sc2-c2ccnc(Nc3ccc4c(c3)CCN(C(=O)OC(C)(C)C)C4)n2)c1F. The molecule has 2 N–H and O–H groups in total. The Kier molecular flexibility index (Phi) is 9.61. The lowest BCUT2D eigenvalue weighted by molar-refractivity contribution is 0.0224. The molecule has 0 saturated carbocycles. The van der Waals surface area contributed by atoms with Gasteiger partial charge in [-0.05, 0) is 75.1 Å². The minimum absolute atomic E-state index is 0.113. The van der Waals surface area contributed by atoms with E-state index >= 15 is 4.39 Å². The minimum Gasteiger partial charge on any atom is -0.444 e. The summed E-state index contributed by atoms with van der Waals surface area (Å²) >= 11 is 1.41. The molecule has 0 bridgehead atoms. The zero-order valence-corrected chi connectivity index (χ0v) is 29.4. The van der Waals surface area contributed by atoms with Gasteiger partial charge in [0.2, 0.25) is 16.0 Å². The smallest absolute Gasteiger partial charge is 0.410 e. The second-order valence-electron chi connectivity index (χ2n) is 13.6. The first-order chi connectivity index (χ1) is 22.0. The van der Waals surface area contributed by atoms with Gasteiger partial charge >= 0.3 is 6.09 Å². The molecule has 13 heteroatoms. The summed E-state index contributed by atoms with van der Waals surface area (Å²) in [4.78, 5) is 29.0. The number of carbonyl (C=O) groups is 1. The van der Waals surface area contributed by atoms with Crippen molar-refractivity contribution in [2.75, 3.05) is 22.3 Å². The van der Waals surface area contributed by atoms with Crippen LogP contribution in [0.15, 0.2) is 48.7 Å². The summed E-state index contributed by atoms with van der Waals surface area (Å²) in [6, 6.07) is 12.3. The molecule has 2 aromatic heterocycles. The van der Waals surface area contributed by atoms with Crippen LogP contribution >= 0.6 is 11.3 Å². The van der Waals surface area contributed by atoms with Gasteiger partial charge < -0.3 is 15.0 Å². The van der Waals surface area contributed by atoms with Gasteiger partial charge in [0, 0.05) is 36.0 Å². The zero-order chi connectivity index (χ0) is 34.1. The molecule has 0 saturated heterocycles. The Morgan fingerprint density at radius 2 is 1.83 bits per heavy atom. The van der Waals surface area contributed by atoms with Gasteiger partial charge in [-0.15, -0.1) is 11.3 Å². The number of anilines is 3. The molecule has 3 heterocycles. The molecule has 0 aliphatic carbocycles. The van der Waals surface area contributed by atoms with Crippen LogP contribution in [0.5, 0.6) is 0 Å². The molecule has 1 amide bonds. The molecule has 0 spiro atoms. The fourth-order valence-electron chi connectivity index (χ4n) is 5.07. The molecule has 47 heavy (non-hydrogen) atoms. The zero-order valence-electron chi connectivity index (χ0n) is 27.8. The molecule has 5 rings (SSSR count). The number of sulfonamides is 1. The van der Waals surface area contributed by atoms with Gasteiger partial charge in [-0.25, -0.2) is 32.6 Å². The first-order valence-electron chi connectivity index (χ1n) is 15.5. The number of halogens is 1.